The highest BCUT2D eigenvalue weighted by molar-refractivity contribution is 9.13. The van der Waals surface area contributed by atoms with E-state index in [0.29, 0.717) is 42.7 Å². The molecular weight excluding hydrogens is 674 g/mol. The van der Waals surface area contributed by atoms with E-state index in [-0.39, 0.29) is 11.5 Å². The van der Waals surface area contributed by atoms with Gasteiger partial charge in [0.2, 0.25) is 0 Å². The molecule has 1 saturated carbocycles. The van der Waals surface area contributed by atoms with Gasteiger partial charge in [-0.3, -0.25) is 4.79 Å². The zero-order chi connectivity index (χ0) is 26.7. The van der Waals surface area contributed by atoms with Crippen LogP contribution in [0, 0.1) is 0 Å². The van der Waals surface area contributed by atoms with Gasteiger partial charge in [0.05, 0.1) is 35.8 Å². The number of esters is 1. The summed E-state index contributed by atoms with van der Waals surface area (Å²) in [7, 11) is 2.80. The van der Waals surface area contributed by atoms with Crippen LogP contribution in [0.2, 0.25) is 0 Å². The van der Waals surface area contributed by atoms with Gasteiger partial charge in [-0.05, 0) is 75.9 Å². The van der Waals surface area contributed by atoms with Crippen molar-refractivity contribution in [2.24, 2.45) is 5.10 Å². The average Bonchev–Trinajstić information content (AvgIpc) is 2.91. The van der Waals surface area contributed by atoms with Gasteiger partial charge in [-0.1, -0.05) is 35.2 Å². The molecule has 0 bridgehead atoms. The van der Waals surface area contributed by atoms with Crippen LogP contribution in [-0.2, 0) is 9.53 Å². The first-order valence-corrected chi connectivity index (χ1v) is 14.2. The number of nitrogens with zero attached hydrogens (tertiary/aromatic N) is 3. The lowest BCUT2D eigenvalue weighted by atomic mass is 9.88. The second-order valence-electron chi connectivity index (χ2n) is 8.74. The van der Waals surface area contributed by atoms with E-state index >= 15 is 0 Å². The summed E-state index contributed by atoms with van der Waals surface area (Å²) < 4.78 is 19.5. The van der Waals surface area contributed by atoms with Crippen LogP contribution in [0.3, 0.4) is 0 Å². The van der Waals surface area contributed by atoms with Gasteiger partial charge in [0.15, 0.2) is 17.6 Å². The monoisotopic (exact) mass is 697 g/mol. The number of methoxy groups -OCH3 is 2. The standard InChI is InChI=1S/C26H26Br3N3O5/c1-14(26(34)36-3)37-23-20(35-2)11-16(21(28)22(23)29)13-30-32-24(15-7-5-4-6-8-15)31-19-10-9-17(27)12-18(19)25(32)33/h9-15H,4-8H2,1-3H3/t14-/m1/s1. The number of carbonyl (C=O) groups is 1. The smallest absolute Gasteiger partial charge is 0.346 e. The largest absolute Gasteiger partial charge is 0.493 e. The molecule has 0 N–H and O–H groups in total. The van der Waals surface area contributed by atoms with E-state index in [2.05, 4.69) is 52.9 Å². The molecule has 0 radical (unpaired) electrons. The van der Waals surface area contributed by atoms with E-state index < -0.39 is 12.1 Å². The van der Waals surface area contributed by atoms with Crippen LogP contribution in [0.25, 0.3) is 10.9 Å². The van der Waals surface area contributed by atoms with E-state index in [0.717, 1.165) is 30.2 Å². The first kappa shape index (κ1) is 27.8. The quantitative estimate of drug-likeness (QED) is 0.205. The molecule has 0 spiro atoms. The summed E-state index contributed by atoms with van der Waals surface area (Å²) in [6, 6.07) is 7.23. The van der Waals surface area contributed by atoms with Crippen molar-refractivity contribution in [1.82, 2.24) is 9.66 Å². The minimum Gasteiger partial charge on any atom is -0.493 e. The maximum absolute atomic E-state index is 13.6. The number of hydrogen-bond donors (Lipinski definition) is 0. The predicted octanol–water partition coefficient (Wildman–Crippen LogP) is 6.56. The fourth-order valence-electron chi connectivity index (χ4n) is 4.37. The normalized spacial score (nSPS) is 15.2. The van der Waals surface area contributed by atoms with Crippen LogP contribution in [0.1, 0.15) is 56.3 Å². The zero-order valence-electron chi connectivity index (χ0n) is 20.6. The molecule has 8 nitrogen and oxygen atoms in total. The number of rotatable bonds is 7. The number of hydrogen-bond acceptors (Lipinski definition) is 7. The Morgan fingerprint density at radius 1 is 1.14 bits per heavy atom. The Hall–Kier alpha value is -2.24. The zero-order valence-corrected chi connectivity index (χ0v) is 25.4. The molecule has 1 atom stereocenters. The van der Waals surface area contributed by atoms with Crippen LogP contribution in [0.15, 0.2) is 47.6 Å². The van der Waals surface area contributed by atoms with Gasteiger partial charge in [-0.2, -0.15) is 9.78 Å². The molecule has 4 rings (SSSR count). The lowest BCUT2D eigenvalue weighted by molar-refractivity contribution is -0.147. The molecule has 0 aliphatic heterocycles. The van der Waals surface area contributed by atoms with Gasteiger partial charge < -0.3 is 14.2 Å². The summed E-state index contributed by atoms with van der Waals surface area (Å²) in [4.78, 5) is 30.3. The third kappa shape index (κ3) is 5.93. The van der Waals surface area contributed by atoms with Crippen molar-refractivity contribution in [2.45, 2.75) is 51.0 Å². The maximum atomic E-state index is 13.6. The van der Waals surface area contributed by atoms with Gasteiger partial charge >= 0.3 is 5.97 Å². The molecule has 3 aromatic rings. The highest BCUT2D eigenvalue weighted by Gasteiger charge is 2.24. The predicted molar refractivity (Wildman–Crippen MR) is 153 cm³/mol. The topological polar surface area (TPSA) is 92.0 Å². The van der Waals surface area contributed by atoms with Crippen molar-refractivity contribution < 1.29 is 19.0 Å². The summed E-state index contributed by atoms with van der Waals surface area (Å²) >= 11 is 10.6. The van der Waals surface area contributed by atoms with Crippen molar-refractivity contribution >= 4 is 70.9 Å². The Labute approximate surface area is 239 Å². The molecule has 1 aliphatic rings. The van der Waals surface area contributed by atoms with Crippen molar-refractivity contribution in [2.75, 3.05) is 14.2 Å². The molecule has 196 valence electrons. The van der Waals surface area contributed by atoms with Gasteiger partial charge in [0.25, 0.3) is 5.56 Å². The number of aromatic nitrogens is 2. The molecule has 2 aromatic carbocycles. The minimum absolute atomic E-state index is 0.159. The molecule has 1 aromatic heterocycles. The van der Waals surface area contributed by atoms with Gasteiger partial charge in [0, 0.05) is 20.4 Å². The third-order valence-corrected chi connectivity index (χ3v) is 8.96. The van der Waals surface area contributed by atoms with E-state index in [9.17, 15) is 9.59 Å². The molecule has 0 saturated heterocycles. The van der Waals surface area contributed by atoms with Crippen molar-refractivity contribution in [1.29, 1.82) is 0 Å². The lowest BCUT2D eigenvalue weighted by Crippen LogP contribution is -2.25. The third-order valence-electron chi connectivity index (χ3n) is 6.32. The Balaban J connectivity index is 1.80. The van der Waals surface area contributed by atoms with E-state index in [1.807, 2.05) is 12.1 Å². The molecule has 1 fully saturated rings. The van der Waals surface area contributed by atoms with Crippen molar-refractivity contribution in [3.63, 3.8) is 0 Å². The lowest BCUT2D eigenvalue weighted by Gasteiger charge is -2.23. The van der Waals surface area contributed by atoms with Gasteiger partial charge in [0.1, 0.15) is 5.82 Å². The first-order chi connectivity index (χ1) is 17.7. The van der Waals surface area contributed by atoms with E-state index in [1.165, 1.54) is 25.3 Å². The second kappa shape index (κ2) is 12.1. The van der Waals surface area contributed by atoms with Crippen LogP contribution in [0.4, 0.5) is 0 Å². The maximum Gasteiger partial charge on any atom is 0.346 e. The molecular formula is C26H26Br3N3O5. The summed E-state index contributed by atoms with van der Waals surface area (Å²) in [6.45, 7) is 1.59. The van der Waals surface area contributed by atoms with Crippen LogP contribution in [0.5, 0.6) is 11.5 Å². The first-order valence-electron chi connectivity index (χ1n) is 11.8. The fraction of sp³-hybridized carbons (Fsp3) is 0.385. The molecule has 1 aliphatic carbocycles. The van der Waals surface area contributed by atoms with Gasteiger partial charge in [-0.15, -0.1) is 0 Å². The Morgan fingerprint density at radius 2 is 1.86 bits per heavy atom. The summed E-state index contributed by atoms with van der Waals surface area (Å²) in [6.07, 6.45) is 6.07. The van der Waals surface area contributed by atoms with Crippen LogP contribution in [-0.4, -0.2) is 42.2 Å². The number of halogens is 3. The summed E-state index contributed by atoms with van der Waals surface area (Å²) in [5.41, 5.74) is 1.07. The molecule has 0 amide bonds. The summed E-state index contributed by atoms with van der Waals surface area (Å²) in [5.74, 6) is 1.03. The van der Waals surface area contributed by atoms with Crippen molar-refractivity contribution in [3.8, 4) is 11.5 Å². The number of ether oxygens (including phenoxy) is 3. The average molecular weight is 700 g/mol. The Morgan fingerprint density at radius 3 is 2.54 bits per heavy atom. The van der Waals surface area contributed by atoms with E-state index in [1.54, 1.807) is 25.3 Å². The molecule has 1 heterocycles. The number of carbonyl (C=O) groups excluding carboxylic acids is 1. The Bertz CT molecular complexity index is 1420. The number of benzene rings is 2. The van der Waals surface area contributed by atoms with Gasteiger partial charge in [-0.25, -0.2) is 9.78 Å². The summed E-state index contributed by atoms with van der Waals surface area (Å²) in [5, 5.41) is 5.11. The van der Waals surface area contributed by atoms with E-state index in [4.69, 9.17) is 19.2 Å². The van der Waals surface area contributed by atoms with Crippen LogP contribution >= 0.6 is 47.8 Å². The van der Waals surface area contributed by atoms with Crippen molar-refractivity contribution in [3.05, 3.63) is 59.4 Å². The molecule has 37 heavy (non-hydrogen) atoms. The minimum atomic E-state index is -0.846. The number of fused-ring (bicyclic) bond motifs is 1. The second-order valence-corrected chi connectivity index (χ2v) is 11.2. The Kier molecular flexibility index (Phi) is 9.07. The highest BCUT2D eigenvalue weighted by Crippen LogP contribution is 2.43. The molecule has 11 heteroatoms. The molecule has 0 unspecified atom stereocenters. The SMILES string of the molecule is COC(=O)[C@@H](C)Oc1c(OC)cc(C=Nn2c(C3CCCCC3)nc3ccc(Br)cc3c2=O)c(Br)c1Br. The van der Waals surface area contributed by atoms with Crippen LogP contribution < -0.4 is 15.0 Å². The highest BCUT2D eigenvalue weighted by atomic mass is 79.9. The fourth-order valence-corrected chi connectivity index (χ4v) is 5.65.